The maximum absolute atomic E-state index is 13.2. The molecule has 0 aromatic heterocycles. The van der Waals surface area contributed by atoms with E-state index in [0.29, 0.717) is 35.5 Å². The van der Waals surface area contributed by atoms with Crippen molar-refractivity contribution in [2.24, 2.45) is 0 Å². The van der Waals surface area contributed by atoms with Gasteiger partial charge in [-0.2, -0.15) is 5.26 Å². The number of allylic oxidation sites excluding steroid dienone is 1. The summed E-state index contributed by atoms with van der Waals surface area (Å²) >= 11 is 11.2. The van der Waals surface area contributed by atoms with Gasteiger partial charge in [-0.25, -0.2) is 0 Å². The van der Waals surface area contributed by atoms with Gasteiger partial charge in [0.2, 0.25) is 5.91 Å². The molecule has 1 unspecified atom stereocenters. The van der Waals surface area contributed by atoms with Crippen LogP contribution < -0.4 is 9.64 Å². The molecule has 1 amide bonds. The van der Waals surface area contributed by atoms with Gasteiger partial charge in [0.25, 0.3) is 0 Å². The molecule has 0 spiro atoms. The summed E-state index contributed by atoms with van der Waals surface area (Å²) < 4.78 is 6.90. The molecule has 3 aromatic rings. The number of fused-ring (bicyclic) bond motifs is 1. The number of hydrogen-bond donors (Lipinski definition) is 0. The van der Waals surface area contributed by atoms with Crippen LogP contribution in [0, 0.1) is 11.3 Å². The molecule has 1 atom stereocenters. The van der Waals surface area contributed by atoms with Crippen molar-refractivity contribution >= 4 is 50.9 Å². The molecular formula is C27H21BrClN3O2S. The van der Waals surface area contributed by atoms with Gasteiger partial charge in [0.15, 0.2) is 0 Å². The normalized spacial score (nSPS) is 17.7. The molecule has 0 N–H and O–H groups in total. The van der Waals surface area contributed by atoms with E-state index in [1.807, 2.05) is 72.8 Å². The van der Waals surface area contributed by atoms with Gasteiger partial charge in [0.1, 0.15) is 12.4 Å². The Kier molecular flexibility index (Phi) is 7.05. The highest BCUT2D eigenvalue weighted by Crippen LogP contribution is 2.43. The molecule has 0 aliphatic carbocycles. The van der Waals surface area contributed by atoms with Crippen LogP contribution in [0.3, 0.4) is 0 Å². The topological polar surface area (TPSA) is 56.6 Å². The number of thioether (sulfide) groups is 1. The molecule has 2 heterocycles. The lowest BCUT2D eigenvalue weighted by Gasteiger charge is -2.42. The first-order chi connectivity index (χ1) is 17.0. The van der Waals surface area contributed by atoms with E-state index in [2.05, 4.69) is 26.9 Å². The Labute approximate surface area is 222 Å². The molecule has 2 aliphatic rings. The van der Waals surface area contributed by atoms with E-state index < -0.39 is 0 Å². The molecule has 0 saturated carbocycles. The molecule has 1 saturated heterocycles. The van der Waals surface area contributed by atoms with Crippen molar-refractivity contribution in [1.29, 1.82) is 5.26 Å². The molecule has 8 heteroatoms. The number of halogens is 2. The molecule has 176 valence electrons. The smallest absolute Gasteiger partial charge is 0.229 e. The first kappa shape index (κ1) is 23.8. The fourth-order valence-corrected chi connectivity index (χ4v) is 5.86. The van der Waals surface area contributed by atoms with Crippen LogP contribution in [0.2, 0.25) is 5.02 Å². The summed E-state index contributed by atoms with van der Waals surface area (Å²) in [6.07, 6.45) is 0.265. The summed E-state index contributed by atoms with van der Waals surface area (Å²) in [4.78, 5) is 17.0. The lowest BCUT2D eigenvalue weighted by Crippen LogP contribution is -2.47. The summed E-state index contributed by atoms with van der Waals surface area (Å²) in [6, 6.07) is 25.6. The van der Waals surface area contributed by atoms with Crippen molar-refractivity contribution < 1.29 is 9.53 Å². The zero-order chi connectivity index (χ0) is 24.4. The maximum atomic E-state index is 13.2. The van der Waals surface area contributed by atoms with Gasteiger partial charge in [-0.3, -0.25) is 9.69 Å². The summed E-state index contributed by atoms with van der Waals surface area (Å²) in [5.74, 6) is 1.15. The molecular weight excluding hydrogens is 546 g/mol. The third kappa shape index (κ3) is 5.06. The lowest BCUT2D eigenvalue weighted by atomic mass is 9.86. The number of ether oxygens (including phenoxy) is 1. The molecule has 5 rings (SSSR count). The number of nitrogens with zero attached hydrogens (tertiary/aromatic N) is 3. The number of rotatable bonds is 5. The van der Waals surface area contributed by atoms with Crippen LogP contribution in [0.5, 0.6) is 5.75 Å². The van der Waals surface area contributed by atoms with Crippen molar-refractivity contribution in [1.82, 2.24) is 4.90 Å². The fourth-order valence-electron chi connectivity index (χ4n) is 4.24. The Morgan fingerprint density at radius 3 is 2.54 bits per heavy atom. The quantitative estimate of drug-likeness (QED) is 0.336. The Bertz CT molecular complexity index is 1320. The van der Waals surface area contributed by atoms with Crippen LogP contribution in [-0.4, -0.2) is 23.4 Å². The lowest BCUT2D eigenvalue weighted by molar-refractivity contribution is -0.129. The fraction of sp³-hybridized carbons (Fsp3) is 0.185. The predicted molar refractivity (Wildman–Crippen MR) is 143 cm³/mol. The highest BCUT2D eigenvalue weighted by molar-refractivity contribution is 9.10. The van der Waals surface area contributed by atoms with Crippen molar-refractivity contribution in [3.8, 4) is 11.8 Å². The zero-order valence-corrected chi connectivity index (χ0v) is 21.8. The Morgan fingerprint density at radius 2 is 1.83 bits per heavy atom. The number of amides is 1. The van der Waals surface area contributed by atoms with Crippen molar-refractivity contribution in [3.05, 3.63) is 104 Å². The standard InChI is InChI=1S/C27H21BrClN3O2S/c28-20-7-9-21(10-8-20)31-16-32-26(33)13-23(24(14-30)27(32)35-17-31)18-5-11-22(12-6-18)34-15-19-3-1-2-4-25(19)29/h1-12,23H,13,15-17H2. The number of benzene rings is 3. The SMILES string of the molecule is N#CC1=C2SCN(c3ccc(Br)cc3)CN2C(=O)CC1c1ccc(OCc2ccccc2Cl)cc1. The number of nitriles is 1. The van der Waals surface area contributed by atoms with E-state index in [4.69, 9.17) is 16.3 Å². The van der Waals surface area contributed by atoms with Gasteiger partial charge in [0, 0.05) is 33.1 Å². The first-order valence-corrected chi connectivity index (χ1v) is 13.2. The van der Waals surface area contributed by atoms with Gasteiger partial charge >= 0.3 is 0 Å². The second-order valence-electron chi connectivity index (χ2n) is 8.29. The Morgan fingerprint density at radius 1 is 1.09 bits per heavy atom. The van der Waals surface area contributed by atoms with Gasteiger partial charge in [-0.1, -0.05) is 69.6 Å². The maximum Gasteiger partial charge on any atom is 0.229 e. The number of anilines is 1. The van der Waals surface area contributed by atoms with Crippen LogP contribution in [-0.2, 0) is 11.4 Å². The largest absolute Gasteiger partial charge is 0.489 e. The predicted octanol–water partition coefficient (Wildman–Crippen LogP) is 6.90. The minimum absolute atomic E-state index is 0.0253. The molecule has 0 bridgehead atoms. The van der Waals surface area contributed by atoms with Gasteiger partial charge in [0.05, 0.1) is 29.2 Å². The monoisotopic (exact) mass is 565 g/mol. The van der Waals surface area contributed by atoms with E-state index >= 15 is 0 Å². The van der Waals surface area contributed by atoms with Crippen LogP contribution in [0.15, 0.2) is 87.9 Å². The zero-order valence-electron chi connectivity index (χ0n) is 18.7. The summed E-state index contributed by atoms with van der Waals surface area (Å²) in [6.45, 7) is 0.810. The highest BCUT2D eigenvalue weighted by atomic mass is 79.9. The van der Waals surface area contributed by atoms with Gasteiger partial charge in [-0.05, 0) is 48.0 Å². The number of carbonyl (C=O) groups excluding carboxylic acids is 1. The minimum Gasteiger partial charge on any atom is -0.489 e. The number of hydrogen-bond acceptors (Lipinski definition) is 5. The van der Waals surface area contributed by atoms with Crippen molar-refractivity contribution in [2.45, 2.75) is 18.9 Å². The molecule has 2 aliphatic heterocycles. The molecule has 1 fully saturated rings. The minimum atomic E-state index is -0.261. The van der Waals surface area contributed by atoms with Crippen LogP contribution in [0.4, 0.5) is 5.69 Å². The third-order valence-corrected chi connectivity index (χ3v) is 8.17. The average molecular weight is 567 g/mol. The van der Waals surface area contributed by atoms with Crippen LogP contribution >= 0.6 is 39.3 Å². The highest BCUT2D eigenvalue weighted by Gasteiger charge is 2.38. The number of carbonyl (C=O) groups is 1. The van der Waals surface area contributed by atoms with E-state index in [9.17, 15) is 10.1 Å². The molecule has 0 radical (unpaired) electrons. The summed E-state index contributed by atoms with van der Waals surface area (Å²) in [5, 5.41) is 11.5. The van der Waals surface area contributed by atoms with E-state index in [-0.39, 0.29) is 18.2 Å². The van der Waals surface area contributed by atoms with Crippen molar-refractivity contribution in [3.63, 3.8) is 0 Å². The molecule has 35 heavy (non-hydrogen) atoms. The van der Waals surface area contributed by atoms with E-state index in [1.165, 1.54) is 11.8 Å². The molecule has 3 aromatic carbocycles. The third-order valence-electron chi connectivity index (χ3n) is 6.12. The van der Waals surface area contributed by atoms with E-state index in [0.717, 1.165) is 26.3 Å². The van der Waals surface area contributed by atoms with Gasteiger partial charge < -0.3 is 9.64 Å². The van der Waals surface area contributed by atoms with Crippen molar-refractivity contribution in [2.75, 3.05) is 17.4 Å². The Balaban J connectivity index is 1.33. The summed E-state index contributed by atoms with van der Waals surface area (Å²) in [7, 11) is 0. The van der Waals surface area contributed by atoms with Crippen LogP contribution in [0.25, 0.3) is 0 Å². The Hall–Kier alpha value is -2.92. The summed E-state index contributed by atoms with van der Waals surface area (Å²) in [5.41, 5.74) is 3.54. The second-order valence-corrected chi connectivity index (χ2v) is 10.5. The van der Waals surface area contributed by atoms with Crippen LogP contribution in [0.1, 0.15) is 23.5 Å². The van der Waals surface area contributed by atoms with Gasteiger partial charge in [-0.15, -0.1) is 0 Å². The molecule has 5 nitrogen and oxygen atoms in total. The van der Waals surface area contributed by atoms with E-state index in [1.54, 1.807) is 4.90 Å². The average Bonchev–Trinajstić information content (AvgIpc) is 2.89. The first-order valence-electron chi connectivity index (χ1n) is 11.1. The second kappa shape index (κ2) is 10.4.